The van der Waals surface area contributed by atoms with Crippen molar-refractivity contribution < 1.29 is 9.59 Å². The molecule has 1 atom stereocenters. The molecule has 26 heavy (non-hydrogen) atoms. The van der Waals surface area contributed by atoms with Crippen molar-refractivity contribution in [2.24, 2.45) is 0 Å². The summed E-state index contributed by atoms with van der Waals surface area (Å²) in [6, 6.07) is -0.859. The van der Waals surface area contributed by atoms with Crippen molar-refractivity contribution in [1.29, 1.82) is 0 Å². The number of imidazole rings is 1. The zero-order chi connectivity index (χ0) is 18.7. The van der Waals surface area contributed by atoms with Crippen LogP contribution in [0.15, 0.2) is 12.5 Å². The number of rotatable bonds is 5. The number of aryl methyl sites for hydroxylation is 2. The smallest absolute Gasteiger partial charge is 0.322 e. The Labute approximate surface area is 152 Å². The molecule has 1 fully saturated rings. The van der Waals surface area contributed by atoms with Crippen molar-refractivity contribution in [2.75, 3.05) is 18.4 Å². The van der Waals surface area contributed by atoms with Gasteiger partial charge in [0.2, 0.25) is 5.91 Å². The van der Waals surface area contributed by atoms with Crippen LogP contribution in [0.5, 0.6) is 0 Å². The molecule has 3 N–H and O–H groups in total. The Bertz CT molecular complexity index is 781. The molecule has 3 rings (SSSR count). The van der Waals surface area contributed by atoms with Gasteiger partial charge in [-0.15, -0.1) is 0 Å². The minimum Gasteiger partial charge on any atom is -0.353 e. The van der Waals surface area contributed by atoms with Gasteiger partial charge in [-0.2, -0.15) is 5.10 Å². The van der Waals surface area contributed by atoms with Crippen LogP contribution in [0.25, 0.3) is 0 Å². The first-order valence-electron chi connectivity index (χ1n) is 8.87. The number of hydrogen-bond acceptors (Lipinski definition) is 4. The first kappa shape index (κ1) is 18.0. The van der Waals surface area contributed by atoms with Gasteiger partial charge in [0.05, 0.1) is 23.4 Å². The molecule has 3 heterocycles. The second-order valence-electron chi connectivity index (χ2n) is 6.48. The van der Waals surface area contributed by atoms with Gasteiger partial charge < -0.3 is 20.5 Å². The van der Waals surface area contributed by atoms with E-state index in [0.717, 1.165) is 35.7 Å². The molecule has 1 aliphatic rings. The predicted molar refractivity (Wildman–Crippen MR) is 96.8 cm³/mol. The summed E-state index contributed by atoms with van der Waals surface area (Å²) < 4.78 is 1.90. The molecule has 0 radical (unpaired) electrons. The number of aromatic nitrogens is 4. The lowest BCUT2D eigenvalue weighted by atomic mass is 10.1. The van der Waals surface area contributed by atoms with E-state index < -0.39 is 6.04 Å². The first-order chi connectivity index (χ1) is 12.5. The van der Waals surface area contributed by atoms with Crippen molar-refractivity contribution >= 4 is 17.6 Å². The molecule has 2 aromatic rings. The molecule has 9 heteroatoms. The average Bonchev–Trinajstić information content (AvgIpc) is 3.21. The van der Waals surface area contributed by atoms with Gasteiger partial charge in [0.1, 0.15) is 6.04 Å². The third-order valence-electron chi connectivity index (χ3n) is 4.61. The number of nitrogens with zero attached hydrogens (tertiary/aromatic N) is 4. The highest BCUT2D eigenvalue weighted by Crippen LogP contribution is 2.21. The quantitative estimate of drug-likeness (QED) is 0.745. The van der Waals surface area contributed by atoms with Gasteiger partial charge in [-0.25, -0.2) is 9.78 Å². The number of urea groups is 1. The molecule has 1 aliphatic heterocycles. The van der Waals surface area contributed by atoms with Gasteiger partial charge in [0.25, 0.3) is 0 Å². The number of carbonyl (C=O) groups excluding carboxylic acids is 2. The van der Waals surface area contributed by atoms with E-state index in [1.54, 1.807) is 17.4 Å². The molecule has 9 nitrogen and oxygen atoms in total. The summed E-state index contributed by atoms with van der Waals surface area (Å²) in [5.41, 5.74) is 3.22. The van der Waals surface area contributed by atoms with Crippen LogP contribution in [-0.4, -0.2) is 55.7 Å². The monoisotopic (exact) mass is 359 g/mol. The Hall–Kier alpha value is -2.84. The minimum atomic E-state index is -0.574. The maximum Gasteiger partial charge on any atom is 0.322 e. The summed E-state index contributed by atoms with van der Waals surface area (Å²) in [4.78, 5) is 33.8. The van der Waals surface area contributed by atoms with E-state index in [2.05, 4.69) is 32.6 Å². The number of piperazine rings is 1. The number of nitrogens with one attached hydrogen (secondary N) is 3. The molecule has 0 aromatic carbocycles. The number of H-pyrrole nitrogens is 1. The fourth-order valence-electron chi connectivity index (χ4n) is 3.25. The zero-order valence-corrected chi connectivity index (χ0v) is 15.4. The number of carbonyl (C=O) groups is 2. The summed E-state index contributed by atoms with van der Waals surface area (Å²) >= 11 is 0. The Morgan fingerprint density at radius 2 is 2.23 bits per heavy atom. The molecule has 0 spiro atoms. The summed E-state index contributed by atoms with van der Waals surface area (Å²) in [6.45, 7) is 7.60. The lowest BCUT2D eigenvalue weighted by Crippen LogP contribution is -2.59. The molecule has 1 saturated heterocycles. The number of hydrogen-bond donors (Lipinski definition) is 3. The van der Waals surface area contributed by atoms with Crippen LogP contribution in [0.1, 0.15) is 30.4 Å². The number of anilines is 1. The second kappa shape index (κ2) is 7.59. The standard InChI is InChI=1S/C17H25N7O2/c1-4-6-24-12(3)15(11(2)22-24)21-17(26)23-7-5-19-16(25)14(23)8-13-9-18-10-20-13/h9-10,14H,4-8H2,1-3H3,(H,18,20)(H,19,25)(H,21,26). The average molecular weight is 359 g/mol. The van der Waals surface area contributed by atoms with Crippen LogP contribution in [0, 0.1) is 13.8 Å². The van der Waals surface area contributed by atoms with Gasteiger partial charge in [0, 0.05) is 37.9 Å². The summed E-state index contributed by atoms with van der Waals surface area (Å²) in [6.07, 6.45) is 4.59. The lowest BCUT2D eigenvalue weighted by Gasteiger charge is -2.34. The third kappa shape index (κ3) is 3.56. The SMILES string of the molecule is CCCn1nc(C)c(NC(=O)N2CCNC(=O)C2Cc2cnc[nH]2)c1C. The largest absolute Gasteiger partial charge is 0.353 e. The molecular formula is C17H25N7O2. The molecule has 0 bridgehead atoms. The first-order valence-corrected chi connectivity index (χ1v) is 8.87. The highest BCUT2D eigenvalue weighted by molar-refractivity contribution is 5.95. The molecular weight excluding hydrogens is 334 g/mol. The van der Waals surface area contributed by atoms with Gasteiger partial charge in [-0.05, 0) is 20.3 Å². The fourth-order valence-corrected chi connectivity index (χ4v) is 3.25. The number of amides is 3. The van der Waals surface area contributed by atoms with Gasteiger partial charge >= 0.3 is 6.03 Å². The van der Waals surface area contributed by atoms with Crippen molar-refractivity contribution in [2.45, 2.75) is 46.2 Å². The normalized spacial score (nSPS) is 17.3. The third-order valence-corrected chi connectivity index (χ3v) is 4.61. The van der Waals surface area contributed by atoms with Gasteiger partial charge in [-0.1, -0.05) is 6.92 Å². The van der Waals surface area contributed by atoms with Crippen LogP contribution >= 0.6 is 0 Å². The van der Waals surface area contributed by atoms with E-state index in [0.29, 0.717) is 19.5 Å². The van der Waals surface area contributed by atoms with E-state index in [1.807, 2.05) is 18.5 Å². The Morgan fingerprint density at radius 3 is 2.92 bits per heavy atom. The van der Waals surface area contributed by atoms with E-state index >= 15 is 0 Å². The molecule has 0 aliphatic carbocycles. The zero-order valence-electron chi connectivity index (χ0n) is 15.4. The van der Waals surface area contributed by atoms with Crippen LogP contribution in [0.2, 0.25) is 0 Å². The van der Waals surface area contributed by atoms with E-state index in [4.69, 9.17) is 0 Å². The maximum atomic E-state index is 12.9. The minimum absolute atomic E-state index is 0.156. The van der Waals surface area contributed by atoms with Crippen LogP contribution in [0.4, 0.5) is 10.5 Å². The van der Waals surface area contributed by atoms with Gasteiger partial charge in [-0.3, -0.25) is 9.48 Å². The van der Waals surface area contributed by atoms with Crippen molar-refractivity contribution in [3.8, 4) is 0 Å². The van der Waals surface area contributed by atoms with Crippen LogP contribution < -0.4 is 10.6 Å². The lowest BCUT2D eigenvalue weighted by molar-refractivity contribution is -0.127. The molecule has 1 unspecified atom stereocenters. The highest BCUT2D eigenvalue weighted by atomic mass is 16.2. The van der Waals surface area contributed by atoms with E-state index in [9.17, 15) is 9.59 Å². The summed E-state index contributed by atoms with van der Waals surface area (Å²) in [5, 5.41) is 10.3. The van der Waals surface area contributed by atoms with Crippen LogP contribution in [-0.2, 0) is 17.8 Å². The second-order valence-corrected chi connectivity index (χ2v) is 6.48. The fraction of sp³-hybridized carbons (Fsp3) is 0.529. The Kier molecular flexibility index (Phi) is 5.24. The summed E-state index contributed by atoms with van der Waals surface area (Å²) in [5.74, 6) is -0.156. The maximum absolute atomic E-state index is 12.9. The van der Waals surface area contributed by atoms with Crippen LogP contribution in [0.3, 0.4) is 0 Å². The highest BCUT2D eigenvalue weighted by Gasteiger charge is 2.34. The van der Waals surface area contributed by atoms with Crippen molar-refractivity contribution in [1.82, 2.24) is 30.0 Å². The molecule has 140 valence electrons. The topological polar surface area (TPSA) is 108 Å². The van der Waals surface area contributed by atoms with Gasteiger partial charge in [0.15, 0.2) is 0 Å². The van der Waals surface area contributed by atoms with Crippen molar-refractivity contribution in [3.05, 3.63) is 29.6 Å². The van der Waals surface area contributed by atoms with E-state index in [-0.39, 0.29) is 11.9 Å². The Balaban J connectivity index is 1.78. The number of aromatic amines is 1. The van der Waals surface area contributed by atoms with E-state index in [1.165, 1.54) is 0 Å². The molecule has 3 amide bonds. The predicted octanol–water partition coefficient (Wildman–Crippen LogP) is 1.21. The van der Waals surface area contributed by atoms with Crippen molar-refractivity contribution in [3.63, 3.8) is 0 Å². The Morgan fingerprint density at radius 1 is 1.42 bits per heavy atom. The molecule has 0 saturated carbocycles. The summed E-state index contributed by atoms with van der Waals surface area (Å²) in [7, 11) is 0. The molecule has 2 aromatic heterocycles.